The number of rotatable bonds is 4. The van der Waals surface area contributed by atoms with E-state index in [2.05, 4.69) is 0 Å². The average Bonchev–Trinajstić information content (AvgIpc) is 3.36. The molecule has 1 saturated carbocycles. The van der Waals surface area contributed by atoms with E-state index in [1.165, 1.54) is 7.11 Å². The van der Waals surface area contributed by atoms with Crippen molar-refractivity contribution in [3.05, 3.63) is 58.6 Å². The summed E-state index contributed by atoms with van der Waals surface area (Å²) < 4.78 is 10.6. The van der Waals surface area contributed by atoms with Crippen molar-refractivity contribution in [2.45, 2.75) is 12.3 Å². The summed E-state index contributed by atoms with van der Waals surface area (Å²) in [5, 5.41) is 9.56. The molecule has 3 rings (SSSR count). The molecule has 2 aromatic carbocycles. The molecule has 0 heterocycles. The molecule has 5 heteroatoms. The molecule has 2 atom stereocenters. The van der Waals surface area contributed by atoms with Crippen LogP contribution in [0.5, 0.6) is 11.5 Å². The first kappa shape index (κ1) is 15.4. The largest absolute Gasteiger partial charge is 0.493 e. The van der Waals surface area contributed by atoms with Gasteiger partial charge in [-0.15, -0.1) is 0 Å². The van der Waals surface area contributed by atoms with Gasteiger partial charge < -0.3 is 9.47 Å². The molecule has 0 saturated heterocycles. The van der Waals surface area contributed by atoms with Gasteiger partial charge in [-0.25, -0.2) is 0 Å². The summed E-state index contributed by atoms with van der Waals surface area (Å²) in [5.41, 5.74) is 1.42. The molecule has 0 spiro atoms. The molecule has 0 aliphatic heterocycles. The number of ether oxygens (including phenoxy) is 2. The molecule has 1 aliphatic carbocycles. The molecule has 0 radical (unpaired) electrons. The zero-order valence-corrected chi connectivity index (χ0v) is 13.2. The maximum Gasteiger partial charge on any atom is 0.315 e. The smallest absolute Gasteiger partial charge is 0.315 e. The predicted molar refractivity (Wildman–Crippen MR) is 85.6 cm³/mol. The van der Waals surface area contributed by atoms with E-state index in [-0.39, 0.29) is 17.8 Å². The lowest BCUT2D eigenvalue weighted by Gasteiger charge is -2.09. The lowest BCUT2D eigenvalue weighted by molar-refractivity contribution is -0.136. The van der Waals surface area contributed by atoms with Crippen molar-refractivity contribution in [1.29, 1.82) is 5.26 Å². The Morgan fingerprint density at radius 1 is 1.26 bits per heavy atom. The number of hydrogen-bond acceptors (Lipinski definition) is 4. The van der Waals surface area contributed by atoms with Crippen LogP contribution in [0, 0.1) is 17.2 Å². The third-order valence-corrected chi connectivity index (χ3v) is 4.25. The molecule has 0 aromatic heterocycles. The lowest BCUT2D eigenvalue weighted by atomic mass is 10.1. The Kier molecular flexibility index (Phi) is 4.22. The van der Waals surface area contributed by atoms with Crippen molar-refractivity contribution in [2.75, 3.05) is 7.11 Å². The SMILES string of the molecule is COc1cc(C#N)ccc1OC(=O)C1CC1c1ccccc1Cl. The number of benzene rings is 2. The molecule has 4 nitrogen and oxygen atoms in total. The van der Waals surface area contributed by atoms with Crippen molar-refractivity contribution in [3.8, 4) is 17.6 Å². The molecule has 0 N–H and O–H groups in total. The first-order valence-corrected chi connectivity index (χ1v) is 7.56. The highest BCUT2D eigenvalue weighted by molar-refractivity contribution is 6.31. The highest BCUT2D eigenvalue weighted by Gasteiger charge is 2.46. The summed E-state index contributed by atoms with van der Waals surface area (Å²) in [6.07, 6.45) is 0.723. The number of carbonyl (C=O) groups is 1. The van der Waals surface area contributed by atoms with Crippen LogP contribution in [0.1, 0.15) is 23.5 Å². The number of methoxy groups -OCH3 is 1. The monoisotopic (exact) mass is 327 g/mol. The Balaban J connectivity index is 1.72. The van der Waals surface area contributed by atoms with Crippen LogP contribution in [0.3, 0.4) is 0 Å². The summed E-state index contributed by atoms with van der Waals surface area (Å²) in [5.74, 6) is 0.280. The van der Waals surface area contributed by atoms with E-state index in [9.17, 15) is 4.79 Å². The third-order valence-electron chi connectivity index (χ3n) is 3.90. The van der Waals surface area contributed by atoms with Crippen molar-refractivity contribution in [2.24, 2.45) is 5.92 Å². The Morgan fingerprint density at radius 2 is 2.04 bits per heavy atom. The van der Waals surface area contributed by atoms with Crippen LogP contribution in [0.2, 0.25) is 5.02 Å². The molecule has 116 valence electrons. The Morgan fingerprint density at radius 3 is 2.74 bits per heavy atom. The molecule has 2 aromatic rings. The van der Waals surface area contributed by atoms with Crippen LogP contribution in [-0.2, 0) is 4.79 Å². The quantitative estimate of drug-likeness (QED) is 0.630. The van der Waals surface area contributed by atoms with Crippen LogP contribution in [0.15, 0.2) is 42.5 Å². The van der Waals surface area contributed by atoms with Crippen molar-refractivity contribution in [1.82, 2.24) is 0 Å². The molecule has 1 aliphatic rings. The first-order chi connectivity index (χ1) is 11.1. The van der Waals surface area contributed by atoms with Crippen molar-refractivity contribution < 1.29 is 14.3 Å². The summed E-state index contributed by atoms with van der Waals surface area (Å²) in [6.45, 7) is 0. The third kappa shape index (κ3) is 3.15. The molecule has 2 unspecified atom stereocenters. The minimum absolute atomic E-state index is 0.0978. The molecule has 23 heavy (non-hydrogen) atoms. The second-order valence-corrected chi connectivity index (χ2v) is 5.78. The Bertz CT molecular complexity index is 797. The first-order valence-electron chi connectivity index (χ1n) is 7.18. The van der Waals surface area contributed by atoms with E-state index in [0.717, 1.165) is 12.0 Å². The number of nitrogens with zero attached hydrogens (tertiary/aromatic N) is 1. The van der Waals surface area contributed by atoms with Gasteiger partial charge in [-0.1, -0.05) is 29.8 Å². The van der Waals surface area contributed by atoms with Gasteiger partial charge in [0.25, 0.3) is 0 Å². The van der Waals surface area contributed by atoms with Crippen LogP contribution in [-0.4, -0.2) is 13.1 Å². The molecule has 1 fully saturated rings. The molecule has 0 amide bonds. The number of nitriles is 1. The van der Waals surface area contributed by atoms with Crippen molar-refractivity contribution >= 4 is 17.6 Å². The van der Waals surface area contributed by atoms with E-state index in [0.29, 0.717) is 22.1 Å². The van der Waals surface area contributed by atoms with Gasteiger partial charge in [-0.05, 0) is 36.1 Å². The fourth-order valence-corrected chi connectivity index (χ4v) is 2.86. The van der Waals surface area contributed by atoms with Gasteiger partial charge in [0.05, 0.1) is 24.7 Å². The maximum atomic E-state index is 12.3. The van der Waals surface area contributed by atoms with E-state index in [1.807, 2.05) is 30.3 Å². The standard InChI is InChI=1S/C18H14ClNO3/c1-22-17-8-11(10-20)6-7-16(17)23-18(21)14-9-13(14)12-4-2-3-5-15(12)19/h2-8,13-14H,9H2,1H3. The zero-order chi connectivity index (χ0) is 16.4. The van der Waals surface area contributed by atoms with Crippen LogP contribution < -0.4 is 9.47 Å². The normalized spacial score (nSPS) is 18.8. The number of esters is 1. The maximum absolute atomic E-state index is 12.3. The highest BCUT2D eigenvalue weighted by atomic mass is 35.5. The summed E-state index contributed by atoms with van der Waals surface area (Å²) >= 11 is 6.17. The van der Waals surface area contributed by atoms with E-state index in [1.54, 1.807) is 18.2 Å². The fourth-order valence-electron chi connectivity index (χ4n) is 2.58. The van der Waals surface area contributed by atoms with E-state index < -0.39 is 0 Å². The minimum atomic E-state index is -0.307. The van der Waals surface area contributed by atoms with Crippen LogP contribution in [0.4, 0.5) is 0 Å². The number of halogens is 1. The number of carbonyl (C=O) groups excluding carboxylic acids is 1. The minimum Gasteiger partial charge on any atom is -0.493 e. The van der Waals surface area contributed by atoms with Gasteiger partial charge in [0.2, 0.25) is 0 Å². The zero-order valence-electron chi connectivity index (χ0n) is 12.5. The van der Waals surface area contributed by atoms with Gasteiger partial charge in [0.1, 0.15) is 0 Å². The van der Waals surface area contributed by atoms with Gasteiger partial charge >= 0.3 is 5.97 Å². The number of hydrogen-bond donors (Lipinski definition) is 0. The van der Waals surface area contributed by atoms with E-state index in [4.69, 9.17) is 26.3 Å². The van der Waals surface area contributed by atoms with Crippen LogP contribution >= 0.6 is 11.6 Å². The fraction of sp³-hybridized carbons (Fsp3) is 0.222. The second-order valence-electron chi connectivity index (χ2n) is 5.37. The van der Waals surface area contributed by atoms with Gasteiger partial charge in [-0.3, -0.25) is 4.79 Å². The van der Waals surface area contributed by atoms with Crippen molar-refractivity contribution in [3.63, 3.8) is 0 Å². The van der Waals surface area contributed by atoms with Gasteiger partial charge in [-0.2, -0.15) is 5.26 Å². The molecule has 0 bridgehead atoms. The van der Waals surface area contributed by atoms with Crippen LogP contribution in [0.25, 0.3) is 0 Å². The lowest BCUT2D eigenvalue weighted by Crippen LogP contribution is -2.12. The Labute approximate surface area is 139 Å². The van der Waals surface area contributed by atoms with E-state index >= 15 is 0 Å². The summed E-state index contributed by atoms with van der Waals surface area (Å²) in [7, 11) is 1.47. The molecular formula is C18H14ClNO3. The highest BCUT2D eigenvalue weighted by Crippen LogP contribution is 2.50. The average molecular weight is 328 g/mol. The second kappa shape index (κ2) is 6.31. The summed E-state index contributed by atoms with van der Waals surface area (Å²) in [6, 6.07) is 14.2. The summed E-state index contributed by atoms with van der Waals surface area (Å²) in [4.78, 5) is 12.3. The topological polar surface area (TPSA) is 59.3 Å². The van der Waals surface area contributed by atoms with Gasteiger partial charge in [0.15, 0.2) is 11.5 Å². The Hall–Kier alpha value is -2.51. The predicted octanol–water partition coefficient (Wildman–Crippen LogP) is 3.93. The van der Waals surface area contributed by atoms with Gasteiger partial charge in [0, 0.05) is 11.1 Å². The molecular weight excluding hydrogens is 314 g/mol.